The molecule has 21 heavy (non-hydrogen) atoms. The van der Waals surface area contributed by atoms with Gasteiger partial charge in [-0.25, -0.2) is 0 Å². The first-order valence-corrected chi connectivity index (χ1v) is 8.34. The molecule has 4 heteroatoms. The van der Waals surface area contributed by atoms with Gasteiger partial charge in [-0.05, 0) is 37.5 Å². The Kier molecular flexibility index (Phi) is 4.64. The summed E-state index contributed by atoms with van der Waals surface area (Å²) < 4.78 is 0. The molecule has 1 N–H and O–H groups in total. The molecule has 4 nitrogen and oxygen atoms in total. The van der Waals surface area contributed by atoms with Crippen LogP contribution in [0.1, 0.15) is 65.7 Å². The van der Waals surface area contributed by atoms with Crippen LogP contribution in [0.5, 0.6) is 0 Å². The monoisotopic (exact) mass is 295 g/mol. The van der Waals surface area contributed by atoms with Gasteiger partial charge in [-0.3, -0.25) is 9.59 Å². The van der Waals surface area contributed by atoms with Crippen LogP contribution in [0.25, 0.3) is 0 Å². The maximum absolute atomic E-state index is 12.7. The quantitative estimate of drug-likeness (QED) is 0.865. The summed E-state index contributed by atoms with van der Waals surface area (Å²) >= 11 is 0. The maximum Gasteiger partial charge on any atom is 0.309 e. The van der Waals surface area contributed by atoms with Gasteiger partial charge in [-0.1, -0.05) is 33.6 Å². The van der Waals surface area contributed by atoms with Gasteiger partial charge < -0.3 is 10.0 Å². The fourth-order valence-electron chi connectivity index (χ4n) is 4.21. The van der Waals surface area contributed by atoms with Crippen LogP contribution in [0.3, 0.4) is 0 Å². The first-order chi connectivity index (χ1) is 9.82. The lowest BCUT2D eigenvalue weighted by Crippen LogP contribution is -2.49. The standard InChI is InChI=1S/C17H29NO3/c1-4-7-17(15(20)21)9-11-18(12-10-17)14(19)13-6-5-8-16(13,2)3/h13H,4-12H2,1-3H3,(H,20,21). The van der Waals surface area contributed by atoms with E-state index in [1.165, 1.54) is 0 Å². The van der Waals surface area contributed by atoms with Crippen molar-refractivity contribution in [2.45, 2.75) is 65.7 Å². The minimum Gasteiger partial charge on any atom is -0.481 e. The van der Waals surface area contributed by atoms with Gasteiger partial charge in [0.05, 0.1) is 5.41 Å². The Balaban J connectivity index is 2.00. The van der Waals surface area contributed by atoms with E-state index in [-0.39, 0.29) is 17.2 Å². The molecule has 0 spiro atoms. The number of hydrogen-bond acceptors (Lipinski definition) is 2. The van der Waals surface area contributed by atoms with Crippen LogP contribution in [0, 0.1) is 16.7 Å². The molecule has 1 heterocycles. The zero-order valence-corrected chi connectivity index (χ0v) is 13.7. The highest BCUT2D eigenvalue weighted by Gasteiger charge is 2.45. The van der Waals surface area contributed by atoms with E-state index in [0.29, 0.717) is 25.9 Å². The van der Waals surface area contributed by atoms with Crippen molar-refractivity contribution in [1.82, 2.24) is 4.90 Å². The number of amides is 1. The van der Waals surface area contributed by atoms with E-state index in [0.717, 1.165) is 32.1 Å². The first kappa shape index (κ1) is 16.3. The third-order valence-corrected chi connectivity index (χ3v) is 5.77. The van der Waals surface area contributed by atoms with Crippen molar-refractivity contribution < 1.29 is 14.7 Å². The zero-order chi connectivity index (χ0) is 15.7. The molecular formula is C17H29NO3. The lowest BCUT2D eigenvalue weighted by molar-refractivity contribution is -0.156. The molecule has 1 amide bonds. The van der Waals surface area contributed by atoms with Gasteiger partial charge in [-0.2, -0.15) is 0 Å². The number of carbonyl (C=O) groups is 2. The van der Waals surface area contributed by atoms with Crippen LogP contribution in [0.2, 0.25) is 0 Å². The molecule has 120 valence electrons. The normalized spacial score (nSPS) is 27.6. The molecule has 0 aromatic rings. The second kappa shape index (κ2) is 5.98. The molecule has 1 saturated carbocycles. The largest absolute Gasteiger partial charge is 0.481 e. The van der Waals surface area contributed by atoms with Gasteiger partial charge in [0.2, 0.25) is 5.91 Å². The Hall–Kier alpha value is -1.06. The maximum atomic E-state index is 12.7. The second-order valence-corrected chi connectivity index (χ2v) is 7.59. The van der Waals surface area contributed by atoms with Gasteiger partial charge in [-0.15, -0.1) is 0 Å². The number of aliphatic carboxylic acids is 1. The lowest BCUT2D eigenvalue weighted by Gasteiger charge is -2.41. The van der Waals surface area contributed by atoms with E-state index >= 15 is 0 Å². The summed E-state index contributed by atoms with van der Waals surface area (Å²) in [5.74, 6) is -0.299. The average Bonchev–Trinajstić information content (AvgIpc) is 2.78. The number of rotatable bonds is 4. The smallest absolute Gasteiger partial charge is 0.309 e. The molecule has 0 radical (unpaired) electrons. The molecule has 0 aromatic heterocycles. The number of carboxylic acid groups (broad SMARTS) is 1. The number of piperidine rings is 1. The summed E-state index contributed by atoms with van der Waals surface area (Å²) in [6, 6.07) is 0. The molecule has 0 bridgehead atoms. The molecular weight excluding hydrogens is 266 g/mol. The summed E-state index contributed by atoms with van der Waals surface area (Å²) in [5.41, 5.74) is -0.501. The van der Waals surface area contributed by atoms with Crippen LogP contribution < -0.4 is 0 Å². The SMILES string of the molecule is CCCC1(C(=O)O)CCN(C(=O)C2CCCC2(C)C)CC1. The topological polar surface area (TPSA) is 57.6 Å². The Morgan fingerprint density at radius 2 is 1.81 bits per heavy atom. The van der Waals surface area contributed by atoms with Crippen molar-refractivity contribution in [3.63, 3.8) is 0 Å². The van der Waals surface area contributed by atoms with Gasteiger partial charge >= 0.3 is 5.97 Å². The van der Waals surface area contributed by atoms with E-state index < -0.39 is 11.4 Å². The Morgan fingerprint density at radius 1 is 1.19 bits per heavy atom. The van der Waals surface area contributed by atoms with Crippen LogP contribution in [-0.4, -0.2) is 35.0 Å². The van der Waals surface area contributed by atoms with Gasteiger partial charge in [0, 0.05) is 19.0 Å². The van der Waals surface area contributed by atoms with E-state index in [2.05, 4.69) is 13.8 Å². The van der Waals surface area contributed by atoms with Gasteiger partial charge in [0.25, 0.3) is 0 Å². The number of carbonyl (C=O) groups excluding carboxylic acids is 1. The van der Waals surface area contributed by atoms with E-state index in [1.54, 1.807) is 0 Å². The van der Waals surface area contributed by atoms with Crippen molar-refractivity contribution in [3.05, 3.63) is 0 Å². The highest BCUT2D eigenvalue weighted by Crippen LogP contribution is 2.44. The highest BCUT2D eigenvalue weighted by atomic mass is 16.4. The fraction of sp³-hybridized carbons (Fsp3) is 0.882. The minimum atomic E-state index is -0.683. The van der Waals surface area contributed by atoms with E-state index in [4.69, 9.17) is 0 Å². The molecule has 1 saturated heterocycles. The molecule has 1 atom stereocenters. The number of hydrogen-bond donors (Lipinski definition) is 1. The van der Waals surface area contributed by atoms with Crippen molar-refractivity contribution in [2.24, 2.45) is 16.7 Å². The summed E-state index contributed by atoms with van der Waals surface area (Å²) in [7, 11) is 0. The Labute approximate surface area is 127 Å². The highest BCUT2D eigenvalue weighted by molar-refractivity contribution is 5.81. The van der Waals surface area contributed by atoms with Crippen molar-refractivity contribution in [1.29, 1.82) is 0 Å². The Morgan fingerprint density at radius 3 is 2.24 bits per heavy atom. The third kappa shape index (κ3) is 3.09. The number of carboxylic acids is 1. The van der Waals surface area contributed by atoms with Crippen LogP contribution in [0.15, 0.2) is 0 Å². The van der Waals surface area contributed by atoms with Crippen LogP contribution >= 0.6 is 0 Å². The first-order valence-electron chi connectivity index (χ1n) is 8.34. The zero-order valence-electron chi connectivity index (χ0n) is 13.7. The van der Waals surface area contributed by atoms with Gasteiger partial charge in [0.15, 0.2) is 0 Å². The Bertz CT molecular complexity index is 408. The summed E-state index contributed by atoms with van der Waals surface area (Å²) in [5, 5.41) is 9.54. The predicted octanol–water partition coefficient (Wildman–Crippen LogP) is 3.31. The van der Waals surface area contributed by atoms with Crippen LogP contribution in [-0.2, 0) is 9.59 Å². The average molecular weight is 295 g/mol. The van der Waals surface area contributed by atoms with Gasteiger partial charge in [0.1, 0.15) is 0 Å². The van der Waals surface area contributed by atoms with Crippen molar-refractivity contribution in [2.75, 3.05) is 13.1 Å². The molecule has 2 rings (SSSR count). The van der Waals surface area contributed by atoms with Crippen molar-refractivity contribution in [3.8, 4) is 0 Å². The minimum absolute atomic E-state index is 0.0990. The molecule has 0 aromatic carbocycles. The summed E-state index contributed by atoms with van der Waals surface area (Å²) in [6.45, 7) is 7.62. The second-order valence-electron chi connectivity index (χ2n) is 7.59. The van der Waals surface area contributed by atoms with E-state index in [1.807, 2.05) is 11.8 Å². The molecule has 1 unspecified atom stereocenters. The molecule has 1 aliphatic heterocycles. The lowest BCUT2D eigenvalue weighted by atomic mass is 9.74. The summed E-state index contributed by atoms with van der Waals surface area (Å²) in [4.78, 5) is 26.3. The predicted molar refractivity (Wildman–Crippen MR) is 81.9 cm³/mol. The van der Waals surface area contributed by atoms with E-state index in [9.17, 15) is 14.7 Å². The van der Waals surface area contributed by atoms with Crippen molar-refractivity contribution >= 4 is 11.9 Å². The molecule has 2 fully saturated rings. The summed E-state index contributed by atoms with van der Waals surface area (Å²) in [6.07, 6.45) is 6.05. The number of nitrogens with zero attached hydrogens (tertiary/aromatic N) is 1. The molecule has 1 aliphatic carbocycles. The third-order valence-electron chi connectivity index (χ3n) is 5.77. The fourth-order valence-corrected chi connectivity index (χ4v) is 4.21. The number of likely N-dealkylation sites (tertiary alicyclic amines) is 1. The van der Waals surface area contributed by atoms with Crippen LogP contribution in [0.4, 0.5) is 0 Å². The molecule has 2 aliphatic rings.